The molecule has 0 amide bonds. The van der Waals surface area contributed by atoms with Crippen LogP contribution in [0.4, 0.5) is 0 Å². The summed E-state index contributed by atoms with van der Waals surface area (Å²) in [5.41, 5.74) is 2.81. The van der Waals surface area contributed by atoms with Gasteiger partial charge in [0.1, 0.15) is 12.0 Å². The van der Waals surface area contributed by atoms with E-state index in [9.17, 15) is 4.79 Å². The highest BCUT2D eigenvalue weighted by Crippen LogP contribution is 2.19. The SMILES string of the molecule is CC(=O)Cc1coc(-c2ccc(C)cc2)n1. The predicted molar refractivity (Wildman–Crippen MR) is 61.1 cm³/mol. The van der Waals surface area contributed by atoms with Crippen LogP contribution in [0.2, 0.25) is 0 Å². The number of aryl methyl sites for hydroxylation is 1. The van der Waals surface area contributed by atoms with Gasteiger partial charge in [-0.05, 0) is 26.0 Å². The largest absolute Gasteiger partial charge is 0.444 e. The van der Waals surface area contributed by atoms with Gasteiger partial charge in [-0.3, -0.25) is 4.79 Å². The molecule has 0 radical (unpaired) electrons. The average Bonchev–Trinajstić information content (AvgIpc) is 2.66. The number of hydrogen-bond acceptors (Lipinski definition) is 3. The summed E-state index contributed by atoms with van der Waals surface area (Å²) >= 11 is 0. The van der Waals surface area contributed by atoms with Crippen molar-refractivity contribution in [2.45, 2.75) is 20.3 Å². The minimum absolute atomic E-state index is 0.0868. The fraction of sp³-hybridized carbons (Fsp3) is 0.231. The van der Waals surface area contributed by atoms with E-state index in [1.165, 1.54) is 11.8 Å². The van der Waals surface area contributed by atoms with Gasteiger partial charge < -0.3 is 4.42 Å². The second-order valence-corrected chi connectivity index (χ2v) is 3.89. The number of rotatable bonds is 3. The van der Waals surface area contributed by atoms with Gasteiger partial charge in [0.2, 0.25) is 5.89 Å². The Balaban J connectivity index is 2.24. The van der Waals surface area contributed by atoms with Crippen molar-refractivity contribution >= 4 is 5.78 Å². The molecule has 0 atom stereocenters. The lowest BCUT2D eigenvalue weighted by molar-refractivity contribution is -0.116. The molecule has 0 aliphatic carbocycles. The molecule has 0 saturated heterocycles. The Morgan fingerprint density at radius 2 is 2.00 bits per heavy atom. The maximum atomic E-state index is 10.9. The number of aromatic nitrogens is 1. The Morgan fingerprint density at radius 3 is 2.62 bits per heavy atom. The average molecular weight is 215 g/mol. The highest BCUT2D eigenvalue weighted by molar-refractivity contribution is 5.77. The van der Waals surface area contributed by atoms with Crippen LogP contribution in [-0.2, 0) is 11.2 Å². The van der Waals surface area contributed by atoms with Crippen molar-refractivity contribution in [2.75, 3.05) is 0 Å². The Hall–Kier alpha value is -1.90. The van der Waals surface area contributed by atoms with E-state index in [0.717, 1.165) is 5.56 Å². The van der Waals surface area contributed by atoms with Gasteiger partial charge >= 0.3 is 0 Å². The lowest BCUT2D eigenvalue weighted by Crippen LogP contribution is -1.95. The lowest BCUT2D eigenvalue weighted by Gasteiger charge is -1.95. The highest BCUT2D eigenvalue weighted by Gasteiger charge is 2.07. The molecular weight excluding hydrogens is 202 g/mol. The van der Waals surface area contributed by atoms with E-state index in [1.54, 1.807) is 6.92 Å². The van der Waals surface area contributed by atoms with Crippen LogP contribution in [0.15, 0.2) is 34.9 Å². The normalized spacial score (nSPS) is 10.4. The zero-order chi connectivity index (χ0) is 11.5. The van der Waals surface area contributed by atoms with Crippen LogP contribution in [0.1, 0.15) is 18.2 Å². The third kappa shape index (κ3) is 2.37. The number of carbonyl (C=O) groups excluding carboxylic acids is 1. The van der Waals surface area contributed by atoms with Crippen molar-refractivity contribution < 1.29 is 9.21 Å². The maximum absolute atomic E-state index is 10.9. The van der Waals surface area contributed by atoms with Gasteiger partial charge in [0.15, 0.2) is 0 Å². The molecule has 1 aromatic heterocycles. The van der Waals surface area contributed by atoms with Crippen LogP contribution in [0.5, 0.6) is 0 Å². The molecule has 16 heavy (non-hydrogen) atoms. The van der Waals surface area contributed by atoms with Gasteiger partial charge in [-0.2, -0.15) is 0 Å². The summed E-state index contributed by atoms with van der Waals surface area (Å²) in [5.74, 6) is 0.653. The van der Waals surface area contributed by atoms with Gasteiger partial charge in [0.05, 0.1) is 12.1 Å². The third-order valence-electron chi connectivity index (χ3n) is 2.28. The van der Waals surface area contributed by atoms with E-state index >= 15 is 0 Å². The molecule has 0 aliphatic heterocycles. The van der Waals surface area contributed by atoms with Crippen molar-refractivity contribution in [3.63, 3.8) is 0 Å². The van der Waals surface area contributed by atoms with Crippen LogP contribution in [0.3, 0.4) is 0 Å². The van der Waals surface area contributed by atoms with Gasteiger partial charge in [0.25, 0.3) is 0 Å². The monoisotopic (exact) mass is 215 g/mol. The molecule has 0 N–H and O–H groups in total. The molecule has 0 bridgehead atoms. The first-order chi connectivity index (χ1) is 7.65. The first-order valence-corrected chi connectivity index (χ1v) is 5.16. The number of Topliss-reactive ketones (excluding diaryl/α,β-unsaturated/α-hetero) is 1. The number of benzene rings is 1. The van der Waals surface area contributed by atoms with E-state index in [-0.39, 0.29) is 5.78 Å². The number of ketones is 1. The standard InChI is InChI=1S/C13H13NO2/c1-9-3-5-11(6-4-9)13-14-12(8-16-13)7-10(2)15/h3-6,8H,7H2,1-2H3. The molecule has 1 heterocycles. The summed E-state index contributed by atoms with van der Waals surface area (Å²) in [5, 5.41) is 0. The molecular formula is C13H13NO2. The molecule has 82 valence electrons. The molecule has 3 nitrogen and oxygen atoms in total. The lowest BCUT2D eigenvalue weighted by atomic mass is 10.1. The van der Waals surface area contributed by atoms with Crippen molar-refractivity contribution in [3.8, 4) is 11.5 Å². The van der Waals surface area contributed by atoms with Crippen molar-refractivity contribution in [2.24, 2.45) is 0 Å². The fourth-order valence-corrected chi connectivity index (χ4v) is 1.47. The van der Waals surface area contributed by atoms with Crippen LogP contribution < -0.4 is 0 Å². The molecule has 0 saturated carbocycles. The zero-order valence-corrected chi connectivity index (χ0v) is 9.36. The summed E-state index contributed by atoms with van der Waals surface area (Å²) in [6.45, 7) is 3.57. The Bertz CT molecular complexity index is 497. The quantitative estimate of drug-likeness (QED) is 0.790. The third-order valence-corrected chi connectivity index (χ3v) is 2.28. The number of oxazole rings is 1. The second-order valence-electron chi connectivity index (χ2n) is 3.89. The zero-order valence-electron chi connectivity index (χ0n) is 9.36. The van der Waals surface area contributed by atoms with Gasteiger partial charge in [0, 0.05) is 5.56 Å². The molecule has 0 aliphatic rings. The van der Waals surface area contributed by atoms with E-state index in [2.05, 4.69) is 4.98 Å². The first kappa shape index (κ1) is 10.6. The molecule has 1 aromatic carbocycles. The summed E-state index contributed by atoms with van der Waals surface area (Å²) in [6.07, 6.45) is 1.87. The van der Waals surface area contributed by atoms with Crippen molar-refractivity contribution in [1.82, 2.24) is 4.98 Å². The fourth-order valence-electron chi connectivity index (χ4n) is 1.47. The number of hydrogen-bond donors (Lipinski definition) is 0. The summed E-state index contributed by atoms with van der Waals surface area (Å²) in [7, 11) is 0. The van der Waals surface area contributed by atoms with E-state index in [0.29, 0.717) is 18.0 Å². The predicted octanol–water partition coefficient (Wildman–Crippen LogP) is 2.78. The Morgan fingerprint density at radius 1 is 1.31 bits per heavy atom. The van der Waals surface area contributed by atoms with Gasteiger partial charge in [-0.1, -0.05) is 17.7 Å². The summed E-state index contributed by atoms with van der Waals surface area (Å²) in [4.78, 5) is 15.2. The molecule has 2 rings (SSSR count). The maximum Gasteiger partial charge on any atom is 0.226 e. The van der Waals surface area contributed by atoms with Crippen molar-refractivity contribution in [3.05, 3.63) is 41.8 Å². The van der Waals surface area contributed by atoms with Crippen LogP contribution in [0.25, 0.3) is 11.5 Å². The summed E-state index contributed by atoms with van der Waals surface area (Å²) in [6, 6.07) is 7.92. The van der Waals surface area contributed by atoms with Crippen LogP contribution in [-0.4, -0.2) is 10.8 Å². The Kier molecular flexibility index (Phi) is 2.86. The molecule has 0 unspecified atom stereocenters. The first-order valence-electron chi connectivity index (χ1n) is 5.16. The Labute approximate surface area is 94.1 Å². The highest BCUT2D eigenvalue weighted by atomic mass is 16.3. The van der Waals surface area contributed by atoms with Gasteiger partial charge in [-0.25, -0.2) is 4.98 Å². The van der Waals surface area contributed by atoms with E-state index in [4.69, 9.17) is 4.42 Å². The second kappa shape index (κ2) is 4.31. The molecule has 3 heteroatoms. The topological polar surface area (TPSA) is 43.1 Å². The minimum atomic E-state index is 0.0868. The van der Waals surface area contributed by atoms with Crippen molar-refractivity contribution in [1.29, 1.82) is 0 Å². The molecule has 0 fully saturated rings. The van der Waals surface area contributed by atoms with Crippen LogP contribution in [0, 0.1) is 6.92 Å². The molecule has 0 spiro atoms. The van der Waals surface area contributed by atoms with E-state index in [1.807, 2.05) is 31.2 Å². The smallest absolute Gasteiger partial charge is 0.226 e. The van der Waals surface area contributed by atoms with Gasteiger partial charge in [-0.15, -0.1) is 0 Å². The molecule has 2 aromatic rings. The van der Waals surface area contributed by atoms with Crippen LogP contribution >= 0.6 is 0 Å². The number of nitrogens with zero attached hydrogens (tertiary/aromatic N) is 1. The summed E-state index contributed by atoms with van der Waals surface area (Å²) < 4.78 is 5.33. The number of carbonyl (C=O) groups is 1. The minimum Gasteiger partial charge on any atom is -0.444 e. The van der Waals surface area contributed by atoms with E-state index < -0.39 is 0 Å².